The van der Waals surface area contributed by atoms with Crippen LogP contribution in [-0.2, 0) is 0 Å². The van der Waals surface area contributed by atoms with Crippen LogP contribution in [0.2, 0.25) is 10.0 Å². The third kappa shape index (κ3) is 2.35. The molecule has 0 bridgehead atoms. The molecule has 0 saturated carbocycles. The van der Waals surface area contributed by atoms with Crippen LogP contribution >= 0.6 is 23.2 Å². The zero-order chi connectivity index (χ0) is 11.7. The normalized spacial score (nSPS) is 10.4. The van der Waals surface area contributed by atoms with Gasteiger partial charge in [-0.05, 0) is 18.2 Å². The summed E-state index contributed by atoms with van der Waals surface area (Å²) < 4.78 is 0. The third-order valence-corrected chi connectivity index (χ3v) is 2.33. The Hall–Kier alpha value is -1.52. The number of aromatic amines is 1. The van der Waals surface area contributed by atoms with Crippen LogP contribution < -0.4 is 11.3 Å². The number of aromatic nitrogens is 2. The Kier molecular flexibility index (Phi) is 2.85. The van der Waals surface area contributed by atoms with Crippen molar-refractivity contribution in [2.75, 3.05) is 5.73 Å². The molecule has 0 saturated heterocycles. The molecule has 0 spiro atoms. The predicted molar refractivity (Wildman–Crippen MR) is 64.7 cm³/mol. The maximum atomic E-state index is 11.2. The summed E-state index contributed by atoms with van der Waals surface area (Å²) in [5.74, 6) is 0.490. The van der Waals surface area contributed by atoms with E-state index in [1.54, 1.807) is 18.2 Å². The van der Waals surface area contributed by atoms with Gasteiger partial charge in [0.05, 0.1) is 0 Å². The molecule has 4 nitrogen and oxygen atoms in total. The summed E-state index contributed by atoms with van der Waals surface area (Å²) in [5, 5.41) is 0.931. The number of nitrogen functional groups attached to an aromatic ring is 1. The Balaban J connectivity index is 2.62. The van der Waals surface area contributed by atoms with Gasteiger partial charge < -0.3 is 10.7 Å². The van der Waals surface area contributed by atoms with E-state index in [0.29, 0.717) is 21.4 Å². The number of hydrogen-bond donors (Lipinski definition) is 2. The van der Waals surface area contributed by atoms with E-state index in [9.17, 15) is 4.79 Å². The minimum Gasteiger partial charge on any atom is -0.383 e. The topological polar surface area (TPSA) is 71.8 Å². The minimum atomic E-state index is -0.321. The second-order valence-electron chi connectivity index (χ2n) is 3.18. The van der Waals surface area contributed by atoms with Crippen molar-refractivity contribution in [1.29, 1.82) is 0 Å². The molecule has 0 unspecified atom stereocenters. The molecule has 0 amide bonds. The van der Waals surface area contributed by atoms with Crippen LogP contribution in [0.5, 0.6) is 0 Å². The van der Waals surface area contributed by atoms with Crippen LogP contribution in [0, 0.1) is 0 Å². The summed E-state index contributed by atoms with van der Waals surface area (Å²) >= 11 is 11.7. The van der Waals surface area contributed by atoms with E-state index in [1.165, 1.54) is 6.07 Å². The number of halogens is 2. The Morgan fingerprint density at radius 1 is 1.12 bits per heavy atom. The molecule has 0 fully saturated rings. The largest absolute Gasteiger partial charge is 0.383 e. The second kappa shape index (κ2) is 4.15. The number of rotatable bonds is 1. The van der Waals surface area contributed by atoms with E-state index in [4.69, 9.17) is 28.9 Å². The van der Waals surface area contributed by atoms with Gasteiger partial charge in [0.15, 0.2) is 0 Å². The average molecular weight is 256 g/mol. The number of H-pyrrole nitrogens is 1. The van der Waals surface area contributed by atoms with E-state index < -0.39 is 0 Å². The van der Waals surface area contributed by atoms with E-state index >= 15 is 0 Å². The van der Waals surface area contributed by atoms with Crippen LogP contribution in [-0.4, -0.2) is 9.97 Å². The first-order chi connectivity index (χ1) is 7.54. The number of nitrogens with two attached hydrogens (primary N) is 1. The fourth-order valence-corrected chi connectivity index (χ4v) is 1.83. The summed E-state index contributed by atoms with van der Waals surface area (Å²) in [7, 11) is 0. The molecule has 0 atom stereocenters. The summed E-state index contributed by atoms with van der Waals surface area (Å²) in [6, 6.07) is 6.09. The van der Waals surface area contributed by atoms with Gasteiger partial charge in [-0.3, -0.25) is 4.79 Å². The monoisotopic (exact) mass is 255 g/mol. The maximum Gasteiger partial charge on any atom is 0.253 e. The zero-order valence-corrected chi connectivity index (χ0v) is 9.51. The van der Waals surface area contributed by atoms with Gasteiger partial charge in [0.1, 0.15) is 11.6 Å². The van der Waals surface area contributed by atoms with Gasteiger partial charge in [-0.25, -0.2) is 4.98 Å². The summed E-state index contributed by atoms with van der Waals surface area (Å²) in [6.07, 6.45) is 0. The molecule has 0 aliphatic rings. The first-order valence-electron chi connectivity index (χ1n) is 4.38. The molecule has 16 heavy (non-hydrogen) atoms. The molecule has 6 heteroatoms. The zero-order valence-electron chi connectivity index (χ0n) is 8.00. The van der Waals surface area contributed by atoms with E-state index in [2.05, 4.69) is 9.97 Å². The quantitative estimate of drug-likeness (QED) is 0.822. The highest BCUT2D eigenvalue weighted by molar-refractivity contribution is 6.35. The molecule has 1 aromatic heterocycles. The lowest BCUT2D eigenvalue weighted by molar-refractivity contribution is 1.14. The summed E-state index contributed by atoms with van der Waals surface area (Å²) in [4.78, 5) is 17.8. The highest BCUT2D eigenvalue weighted by atomic mass is 35.5. The van der Waals surface area contributed by atoms with Crippen LogP contribution in [0.1, 0.15) is 0 Å². The van der Waals surface area contributed by atoms with E-state index in [-0.39, 0.29) is 11.4 Å². The van der Waals surface area contributed by atoms with Crippen molar-refractivity contribution in [2.24, 2.45) is 0 Å². The predicted octanol–water partition coefficient (Wildman–Crippen LogP) is 2.33. The number of benzene rings is 1. The van der Waals surface area contributed by atoms with Crippen molar-refractivity contribution in [3.8, 4) is 11.4 Å². The van der Waals surface area contributed by atoms with Crippen LogP contribution in [0.25, 0.3) is 11.4 Å². The Morgan fingerprint density at radius 2 is 1.75 bits per heavy atom. The van der Waals surface area contributed by atoms with Crippen LogP contribution in [0.4, 0.5) is 5.82 Å². The van der Waals surface area contributed by atoms with Gasteiger partial charge in [-0.2, -0.15) is 0 Å². The molecular formula is C10H7Cl2N3O. The number of nitrogens with zero attached hydrogens (tertiary/aromatic N) is 1. The molecule has 0 aliphatic carbocycles. The first kappa shape index (κ1) is 11.0. The molecule has 82 valence electrons. The minimum absolute atomic E-state index is 0.148. The molecule has 2 aromatic rings. The summed E-state index contributed by atoms with van der Waals surface area (Å²) in [6.45, 7) is 0. The lowest BCUT2D eigenvalue weighted by atomic mass is 10.2. The fourth-order valence-electron chi connectivity index (χ4n) is 1.30. The van der Waals surface area contributed by atoms with Gasteiger partial charge in [0, 0.05) is 21.7 Å². The maximum absolute atomic E-state index is 11.2. The van der Waals surface area contributed by atoms with Crippen molar-refractivity contribution < 1.29 is 0 Å². The fraction of sp³-hybridized carbons (Fsp3) is 0. The van der Waals surface area contributed by atoms with Gasteiger partial charge in [0.2, 0.25) is 0 Å². The number of anilines is 1. The molecule has 2 rings (SSSR count). The summed E-state index contributed by atoms with van der Waals surface area (Å²) in [5.41, 5.74) is 5.77. The van der Waals surface area contributed by atoms with Gasteiger partial charge in [-0.1, -0.05) is 23.2 Å². The lowest BCUT2D eigenvalue weighted by Crippen LogP contribution is -2.09. The number of hydrogen-bond acceptors (Lipinski definition) is 3. The molecule has 0 radical (unpaired) electrons. The molecular weight excluding hydrogens is 249 g/mol. The van der Waals surface area contributed by atoms with Gasteiger partial charge in [-0.15, -0.1) is 0 Å². The lowest BCUT2D eigenvalue weighted by Gasteiger charge is -2.03. The van der Waals surface area contributed by atoms with Crippen molar-refractivity contribution in [2.45, 2.75) is 0 Å². The van der Waals surface area contributed by atoms with Crippen molar-refractivity contribution >= 4 is 29.0 Å². The SMILES string of the molecule is Nc1cc(=O)[nH]c(-c2cc(Cl)cc(Cl)c2)n1. The standard InChI is InChI=1S/C10H7Cl2N3O/c11-6-1-5(2-7(12)3-6)10-14-8(13)4-9(16)15-10/h1-4H,(H3,13,14,15,16). The molecule has 0 aliphatic heterocycles. The number of nitrogens with one attached hydrogen (secondary N) is 1. The Morgan fingerprint density at radius 3 is 2.31 bits per heavy atom. The first-order valence-corrected chi connectivity index (χ1v) is 5.13. The highest BCUT2D eigenvalue weighted by Gasteiger charge is 2.04. The van der Waals surface area contributed by atoms with Crippen molar-refractivity contribution in [1.82, 2.24) is 9.97 Å². The van der Waals surface area contributed by atoms with Crippen molar-refractivity contribution in [3.63, 3.8) is 0 Å². The smallest absolute Gasteiger partial charge is 0.253 e. The van der Waals surface area contributed by atoms with Gasteiger partial charge >= 0.3 is 0 Å². The van der Waals surface area contributed by atoms with E-state index in [0.717, 1.165) is 0 Å². The molecule has 1 heterocycles. The molecule has 1 aromatic carbocycles. The Bertz CT molecular complexity index is 575. The average Bonchev–Trinajstić information content (AvgIpc) is 2.14. The third-order valence-electron chi connectivity index (χ3n) is 1.90. The van der Waals surface area contributed by atoms with Crippen molar-refractivity contribution in [3.05, 3.63) is 44.7 Å². The van der Waals surface area contributed by atoms with E-state index in [1.807, 2.05) is 0 Å². The second-order valence-corrected chi connectivity index (χ2v) is 4.05. The molecule has 3 N–H and O–H groups in total. The Labute approximate surface area is 101 Å². The van der Waals surface area contributed by atoms with Gasteiger partial charge in [0.25, 0.3) is 5.56 Å². The van der Waals surface area contributed by atoms with Crippen LogP contribution in [0.3, 0.4) is 0 Å². The van der Waals surface area contributed by atoms with Crippen LogP contribution in [0.15, 0.2) is 29.1 Å². The highest BCUT2D eigenvalue weighted by Crippen LogP contribution is 2.24.